The van der Waals surface area contributed by atoms with Gasteiger partial charge < -0.3 is 9.72 Å². The van der Waals surface area contributed by atoms with Gasteiger partial charge in [-0.25, -0.2) is 14.2 Å². The van der Waals surface area contributed by atoms with Crippen molar-refractivity contribution < 1.29 is 9.13 Å². The van der Waals surface area contributed by atoms with Crippen LogP contribution in [-0.4, -0.2) is 27.7 Å². The van der Waals surface area contributed by atoms with E-state index in [1.807, 2.05) is 0 Å². The molecular weight excluding hydrogens is 261 g/mol. The van der Waals surface area contributed by atoms with Gasteiger partial charge in [-0.3, -0.25) is 4.57 Å². The lowest BCUT2D eigenvalue weighted by Gasteiger charge is -2.23. The molecule has 1 aliphatic heterocycles. The van der Waals surface area contributed by atoms with E-state index in [4.69, 9.17) is 16.3 Å². The first-order valence-electron chi connectivity index (χ1n) is 5.70. The number of halogens is 2. The van der Waals surface area contributed by atoms with E-state index >= 15 is 0 Å². The molecule has 18 heavy (non-hydrogen) atoms. The van der Waals surface area contributed by atoms with Crippen molar-refractivity contribution in [1.29, 1.82) is 0 Å². The Morgan fingerprint density at radius 2 is 2.22 bits per heavy atom. The first-order chi connectivity index (χ1) is 8.68. The highest BCUT2D eigenvalue weighted by atomic mass is 35.5. The Kier molecular flexibility index (Phi) is 2.83. The minimum Gasteiger partial charge on any atom is -0.381 e. The number of ether oxygens (including phenoxy) is 1. The second kappa shape index (κ2) is 4.37. The number of hydrogen-bond donors (Lipinski definition) is 1. The summed E-state index contributed by atoms with van der Waals surface area (Å²) in [6.07, 6.45) is 2.75. The van der Waals surface area contributed by atoms with E-state index in [9.17, 15) is 9.18 Å². The van der Waals surface area contributed by atoms with E-state index in [0.29, 0.717) is 31.6 Å². The summed E-state index contributed by atoms with van der Waals surface area (Å²) in [5, 5.41) is -0.220. The second-order valence-electron chi connectivity index (χ2n) is 4.27. The number of pyridine rings is 1. The Morgan fingerprint density at radius 1 is 1.50 bits per heavy atom. The molecule has 7 heteroatoms. The standard InChI is InChI=1S/C11H11ClFN3O2/c12-10-8(13)9-7(5-14-10)15-11(17)16(9)6-1-3-18-4-2-6/h5-6H,1-4H2,(H,15,17). The first-order valence-corrected chi connectivity index (χ1v) is 6.08. The molecule has 0 spiro atoms. The van der Waals surface area contributed by atoms with Crippen LogP contribution in [0.4, 0.5) is 4.39 Å². The minimum atomic E-state index is -0.654. The monoisotopic (exact) mass is 271 g/mol. The van der Waals surface area contributed by atoms with Crippen LogP contribution in [-0.2, 0) is 4.74 Å². The molecule has 0 unspecified atom stereocenters. The quantitative estimate of drug-likeness (QED) is 0.806. The maximum Gasteiger partial charge on any atom is 0.326 e. The summed E-state index contributed by atoms with van der Waals surface area (Å²) in [6.45, 7) is 1.15. The van der Waals surface area contributed by atoms with Crippen LogP contribution < -0.4 is 5.69 Å². The summed E-state index contributed by atoms with van der Waals surface area (Å²) in [6, 6.07) is -0.0621. The molecule has 3 heterocycles. The topological polar surface area (TPSA) is 59.9 Å². The highest BCUT2D eigenvalue weighted by Gasteiger charge is 2.23. The number of nitrogens with one attached hydrogen (secondary N) is 1. The molecule has 0 bridgehead atoms. The number of fused-ring (bicyclic) bond motifs is 1. The molecule has 96 valence electrons. The van der Waals surface area contributed by atoms with Crippen molar-refractivity contribution in [2.75, 3.05) is 13.2 Å². The van der Waals surface area contributed by atoms with Crippen molar-refractivity contribution in [3.05, 3.63) is 27.7 Å². The van der Waals surface area contributed by atoms with E-state index in [1.54, 1.807) is 0 Å². The lowest BCUT2D eigenvalue weighted by molar-refractivity contribution is 0.0697. The van der Waals surface area contributed by atoms with Gasteiger partial charge in [-0.15, -0.1) is 0 Å². The maximum absolute atomic E-state index is 14.0. The third kappa shape index (κ3) is 1.72. The van der Waals surface area contributed by atoms with Gasteiger partial charge in [-0.2, -0.15) is 0 Å². The molecule has 1 aliphatic rings. The third-order valence-corrected chi connectivity index (χ3v) is 3.47. The zero-order chi connectivity index (χ0) is 12.7. The maximum atomic E-state index is 14.0. The molecule has 0 amide bonds. The number of aromatic amines is 1. The molecule has 1 fully saturated rings. The number of aromatic nitrogens is 3. The molecule has 1 saturated heterocycles. The van der Waals surface area contributed by atoms with Gasteiger partial charge in [0.2, 0.25) is 0 Å². The zero-order valence-corrected chi connectivity index (χ0v) is 10.2. The van der Waals surface area contributed by atoms with Crippen LogP contribution in [0.3, 0.4) is 0 Å². The molecule has 5 nitrogen and oxygen atoms in total. The van der Waals surface area contributed by atoms with Crippen molar-refractivity contribution in [2.45, 2.75) is 18.9 Å². The van der Waals surface area contributed by atoms with Gasteiger partial charge in [0.05, 0.1) is 11.7 Å². The fourth-order valence-corrected chi connectivity index (χ4v) is 2.49. The third-order valence-electron chi connectivity index (χ3n) is 3.21. The summed E-state index contributed by atoms with van der Waals surface area (Å²) in [4.78, 5) is 18.2. The van der Waals surface area contributed by atoms with Crippen LogP contribution >= 0.6 is 11.6 Å². The Hall–Kier alpha value is -1.40. The molecule has 0 aliphatic carbocycles. The Bertz CT molecular complexity index is 646. The van der Waals surface area contributed by atoms with E-state index in [-0.39, 0.29) is 22.4 Å². The molecule has 1 N–H and O–H groups in total. The Balaban J connectivity index is 2.23. The number of H-pyrrole nitrogens is 1. The van der Waals surface area contributed by atoms with Crippen LogP contribution in [0, 0.1) is 5.82 Å². The molecule has 2 aromatic heterocycles. The molecule has 0 atom stereocenters. The fourth-order valence-electron chi connectivity index (χ4n) is 2.35. The summed E-state index contributed by atoms with van der Waals surface area (Å²) in [5.74, 6) is -0.654. The number of hydrogen-bond acceptors (Lipinski definition) is 3. The summed E-state index contributed by atoms with van der Waals surface area (Å²) >= 11 is 5.67. The van der Waals surface area contributed by atoms with Gasteiger partial charge in [0, 0.05) is 19.3 Å². The second-order valence-corrected chi connectivity index (χ2v) is 4.63. The normalized spacial score (nSPS) is 17.4. The predicted molar refractivity (Wildman–Crippen MR) is 64.4 cm³/mol. The van der Waals surface area contributed by atoms with Crippen LogP contribution in [0.2, 0.25) is 5.15 Å². The summed E-state index contributed by atoms with van der Waals surface area (Å²) in [5.41, 5.74) is 0.236. The van der Waals surface area contributed by atoms with Gasteiger partial charge in [0.1, 0.15) is 5.52 Å². The van der Waals surface area contributed by atoms with Crippen LogP contribution in [0.1, 0.15) is 18.9 Å². The van der Waals surface area contributed by atoms with Crippen molar-refractivity contribution >= 4 is 22.6 Å². The molecule has 0 aromatic carbocycles. The van der Waals surface area contributed by atoms with Gasteiger partial charge >= 0.3 is 5.69 Å². The van der Waals surface area contributed by atoms with Crippen molar-refractivity contribution in [1.82, 2.24) is 14.5 Å². The summed E-state index contributed by atoms with van der Waals surface area (Å²) < 4.78 is 20.7. The van der Waals surface area contributed by atoms with E-state index in [2.05, 4.69) is 9.97 Å². The molecule has 0 saturated carbocycles. The van der Waals surface area contributed by atoms with Crippen molar-refractivity contribution in [2.24, 2.45) is 0 Å². The van der Waals surface area contributed by atoms with Crippen molar-refractivity contribution in [3.63, 3.8) is 0 Å². The molecule has 0 radical (unpaired) electrons. The average molecular weight is 272 g/mol. The fraction of sp³-hybridized carbons (Fsp3) is 0.455. The number of rotatable bonds is 1. The largest absolute Gasteiger partial charge is 0.381 e. The smallest absolute Gasteiger partial charge is 0.326 e. The average Bonchev–Trinajstić information content (AvgIpc) is 2.72. The molecule has 3 rings (SSSR count). The van der Waals surface area contributed by atoms with Crippen molar-refractivity contribution in [3.8, 4) is 0 Å². The summed E-state index contributed by atoms with van der Waals surface area (Å²) in [7, 11) is 0. The molecule has 2 aromatic rings. The number of imidazole rings is 1. The van der Waals surface area contributed by atoms with Crippen LogP contribution in [0.25, 0.3) is 11.0 Å². The zero-order valence-electron chi connectivity index (χ0n) is 9.45. The van der Waals surface area contributed by atoms with E-state index in [1.165, 1.54) is 10.8 Å². The van der Waals surface area contributed by atoms with Crippen LogP contribution in [0.15, 0.2) is 11.0 Å². The molecular formula is C11H11ClFN3O2. The number of nitrogens with zero attached hydrogens (tertiary/aromatic N) is 2. The SMILES string of the molecule is O=c1[nH]c2cnc(Cl)c(F)c2n1C1CCOCC1. The first kappa shape index (κ1) is 11.7. The van der Waals surface area contributed by atoms with Crippen LogP contribution in [0.5, 0.6) is 0 Å². The highest BCUT2D eigenvalue weighted by molar-refractivity contribution is 6.30. The Morgan fingerprint density at radius 3 is 2.94 bits per heavy atom. The van der Waals surface area contributed by atoms with Gasteiger partial charge in [-0.1, -0.05) is 11.6 Å². The lowest BCUT2D eigenvalue weighted by atomic mass is 10.1. The highest BCUT2D eigenvalue weighted by Crippen LogP contribution is 2.26. The predicted octanol–water partition coefficient (Wildman–Crippen LogP) is 1.87. The van der Waals surface area contributed by atoms with E-state index < -0.39 is 5.82 Å². The van der Waals surface area contributed by atoms with Gasteiger partial charge in [0.15, 0.2) is 11.0 Å². The lowest BCUT2D eigenvalue weighted by Crippen LogP contribution is -2.27. The van der Waals surface area contributed by atoms with Gasteiger partial charge in [-0.05, 0) is 12.8 Å². The Labute approximate surface area is 107 Å². The van der Waals surface area contributed by atoms with E-state index in [0.717, 1.165) is 0 Å². The van der Waals surface area contributed by atoms with Gasteiger partial charge in [0.25, 0.3) is 0 Å². The minimum absolute atomic E-state index is 0.0621.